The van der Waals surface area contributed by atoms with E-state index in [2.05, 4.69) is 24.5 Å². The van der Waals surface area contributed by atoms with E-state index in [9.17, 15) is 19.5 Å². The molecule has 0 bridgehead atoms. The highest BCUT2D eigenvalue weighted by Crippen LogP contribution is 2.27. The zero-order chi connectivity index (χ0) is 22.4. The number of hydrogen-bond acceptors (Lipinski definition) is 4. The summed E-state index contributed by atoms with van der Waals surface area (Å²) >= 11 is 0. The summed E-state index contributed by atoms with van der Waals surface area (Å²) in [6, 6.07) is 14.0. The maximum absolute atomic E-state index is 12.5. The first-order chi connectivity index (χ1) is 14.8. The molecule has 1 fully saturated rings. The number of nitrogens with zero attached hydrogens (tertiary/aromatic N) is 1. The number of aromatic hydroxyl groups is 1. The minimum atomic E-state index is -0.378. The van der Waals surface area contributed by atoms with Gasteiger partial charge in [0.25, 0.3) is 5.91 Å². The van der Waals surface area contributed by atoms with Crippen molar-refractivity contribution in [2.75, 3.05) is 24.5 Å². The largest absolute Gasteiger partial charge is 0.508 e. The maximum atomic E-state index is 12.5. The summed E-state index contributed by atoms with van der Waals surface area (Å²) in [5.41, 5.74) is 2.38. The fourth-order valence-corrected chi connectivity index (χ4v) is 3.58. The highest BCUT2D eigenvalue weighted by molar-refractivity contribution is 6.00. The molecule has 1 atom stereocenters. The topological polar surface area (TPSA) is 98.7 Å². The number of rotatable bonds is 8. The molecule has 0 spiro atoms. The number of benzene rings is 2. The van der Waals surface area contributed by atoms with Crippen molar-refractivity contribution in [3.8, 4) is 5.75 Å². The number of phenols is 1. The van der Waals surface area contributed by atoms with Gasteiger partial charge in [-0.3, -0.25) is 14.4 Å². The predicted octanol–water partition coefficient (Wildman–Crippen LogP) is 2.80. The molecule has 1 unspecified atom stereocenters. The number of carbonyl (C=O) groups is 3. The Bertz CT molecular complexity index is 957. The summed E-state index contributed by atoms with van der Waals surface area (Å²) in [4.78, 5) is 38.7. The molecule has 3 N–H and O–H groups in total. The first-order valence-corrected chi connectivity index (χ1v) is 10.6. The molecule has 7 heteroatoms. The Morgan fingerprint density at radius 2 is 1.84 bits per heavy atom. The summed E-state index contributed by atoms with van der Waals surface area (Å²) in [5, 5.41) is 15.0. The predicted molar refractivity (Wildman–Crippen MR) is 119 cm³/mol. The van der Waals surface area contributed by atoms with E-state index in [1.807, 2.05) is 24.3 Å². The van der Waals surface area contributed by atoms with Crippen molar-refractivity contribution in [1.82, 2.24) is 10.6 Å². The van der Waals surface area contributed by atoms with Crippen LogP contribution in [-0.2, 0) is 9.59 Å². The van der Waals surface area contributed by atoms with Crippen LogP contribution < -0.4 is 15.5 Å². The average Bonchev–Trinajstić information content (AvgIpc) is 3.15. The quantitative estimate of drug-likeness (QED) is 0.569. The van der Waals surface area contributed by atoms with Crippen LogP contribution >= 0.6 is 0 Å². The molecule has 2 aromatic rings. The fourth-order valence-electron chi connectivity index (χ4n) is 3.58. The van der Waals surface area contributed by atoms with E-state index in [0.717, 1.165) is 11.3 Å². The van der Waals surface area contributed by atoms with E-state index in [-0.39, 0.29) is 35.8 Å². The Kier molecular flexibility index (Phi) is 7.28. The van der Waals surface area contributed by atoms with Crippen molar-refractivity contribution < 1.29 is 19.5 Å². The first kappa shape index (κ1) is 22.3. The van der Waals surface area contributed by atoms with Gasteiger partial charge in [-0.25, -0.2) is 0 Å². The lowest BCUT2D eigenvalue weighted by Crippen LogP contribution is -2.35. The Balaban J connectivity index is 1.42. The van der Waals surface area contributed by atoms with Gasteiger partial charge in [0, 0.05) is 37.3 Å². The Morgan fingerprint density at radius 1 is 1.10 bits per heavy atom. The van der Waals surface area contributed by atoms with Crippen molar-refractivity contribution in [2.45, 2.75) is 32.6 Å². The lowest BCUT2D eigenvalue weighted by atomic mass is 10.0. The van der Waals surface area contributed by atoms with E-state index in [1.54, 1.807) is 17.0 Å². The lowest BCUT2D eigenvalue weighted by Gasteiger charge is -2.18. The minimum absolute atomic E-state index is 0.0380. The molecule has 0 aliphatic carbocycles. The third-order valence-electron chi connectivity index (χ3n) is 5.39. The number of nitrogens with one attached hydrogen (secondary N) is 2. The monoisotopic (exact) mass is 423 g/mol. The Hall–Kier alpha value is -3.35. The third kappa shape index (κ3) is 5.84. The van der Waals surface area contributed by atoms with Crippen molar-refractivity contribution >= 4 is 23.4 Å². The molecular formula is C24H29N3O4. The smallest absolute Gasteiger partial charge is 0.251 e. The van der Waals surface area contributed by atoms with Gasteiger partial charge in [-0.05, 0) is 48.2 Å². The Labute approximate surface area is 182 Å². The van der Waals surface area contributed by atoms with Gasteiger partial charge < -0.3 is 20.6 Å². The van der Waals surface area contributed by atoms with Crippen molar-refractivity contribution in [3.05, 3.63) is 59.7 Å². The summed E-state index contributed by atoms with van der Waals surface area (Å²) in [6.07, 6.45) is 0.767. The summed E-state index contributed by atoms with van der Waals surface area (Å²) in [5.74, 6) is -0.435. The van der Waals surface area contributed by atoms with Crippen LogP contribution in [0.4, 0.5) is 5.69 Å². The zero-order valence-electron chi connectivity index (χ0n) is 17.9. The fraction of sp³-hybridized carbons (Fsp3) is 0.375. The number of amides is 3. The molecule has 0 aromatic heterocycles. The van der Waals surface area contributed by atoms with Gasteiger partial charge in [-0.2, -0.15) is 0 Å². The molecule has 3 amide bonds. The maximum Gasteiger partial charge on any atom is 0.251 e. The number of anilines is 1. The molecular weight excluding hydrogens is 394 g/mol. The molecule has 0 saturated carbocycles. The summed E-state index contributed by atoms with van der Waals surface area (Å²) in [7, 11) is 0. The van der Waals surface area contributed by atoms with Gasteiger partial charge in [-0.1, -0.05) is 32.0 Å². The van der Waals surface area contributed by atoms with Gasteiger partial charge in [0.15, 0.2) is 0 Å². The van der Waals surface area contributed by atoms with E-state index >= 15 is 0 Å². The van der Waals surface area contributed by atoms with Crippen LogP contribution in [-0.4, -0.2) is 42.5 Å². The van der Waals surface area contributed by atoms with Gasteiger partial charge in [0.2, 0.25) is 11.8 Å². The molecule has 1 aliphatic rings. The lowest BCUT2D eigenvalue weighted by molar-refractivity contribution is -0.126. The van der Waals surface area contributed by atoms with Crippen LogP contribution in [0.2, 0.25) is 0 Å². The van der Waals surface area contributed by atoms with Crippen molar-refractivity contribution in [1.29, 1.82) is 0 Å². The van der Waals surface area contributed by atoms with Crippen LogP contribution in [0.5, 0.6) is 5.75 Å². The molecule has 164 valence electrons. The van der Waals surface area contributed by atoms with Crippen LogP contribution in [0.1, 0.15) is 48.5 Å². The second kappa shape index (κ2) is 10.1. The van der Waals surface area contributed by atoms with E-state index in [0.29, 0.717) is 37.5 Å². The summed E-state index contributed by atoms with van der Waals surface area (Å²) < 4.78 is 0. The van der Waals surface area contributed by atoms with Crippen LogP contribution in [0.25, 0.3) is 0 Å². The standard InChI is InChI=1S/C24H29N3O4/c1-16(2)17-6-3-8-20(12-17)27-15-19(14-22(27)29)24(31)26-11-5-10-25-23(30)18-7-4-9-21(28)13-18/h3-4,6-9,12-13,16,19,28H,5,10-11,14-15H2,1-2H3,(H,25,30)(H,26,31). The Morgan fingerprint density at radius 3 is 2.58 bits per heavy atom. The molecule has 1 saturated heterocycles. The second-order valence-corrected chi connectivity index (χ2v) is 8.11. The van der Waals surface area contributed by atoms with Gasteiger partial charge >= 0.3 is 0 Å². The average molecular weight is 424 g/mol. The van der Waals surface area contributed by atoms with Crippen LogP contribution in [0.15, 0.2) is 48.5 Å². The molecule has 2 aromatic carbocycles. The third-order valence-corrected chi connectivity index (χ3v) is 5.39. The van der Waals surface area contributed by atoms with Crippen molar-refractivity contribution in [3.63, 3.8) is 0 Å². The van der Waals surface area contributed by atoms with E-state index < -0.39 is 0 Å². The molecule has 3 rings (SSSR count). The molecule has 7 nitrogen and oxygen atoms in total. The number of hydrogen-bond donors (Lipinski definition) is 3. The van der Waals surface area contributed by atoms with E-state index in [4.69, 9.17) is 0 Å². The number of phenolic OH excluding ortho intramolecular Hbond substituents is 1. The zero-order valence-corrected chi connectivity index (χ0v) is 17.9. The minimum Gasteiger partial charge on any atom is -0.508 e. The highest BCUT2D eigenvalue weighted by atomic mass is 16.3. The van der Waals surface area contributed by atoms with Gasteiger partial charge in [0.05, 0.1) is 5.92 Å². The number of carbonyl (C=O) groups excluding carboxylic acids is 3. The van der Waals surface area contributed by atoms with Gasteiger partial charge in [0.1, 0.15) is 5.75 Å². The first-order valence-electron chi connectivity index (χ1n) is 10.6. The molecule has 0 radical (unpaired) electrons. The molecule has 1 aliphatic heterocycles. The molecule has 1 heterocycles. The van der Waals surface area contributed by atoms with Crippen molar-refractivity contribution in [2.24, 2.45) is 5.92 Å². The second-order valence-electron chi connectivity index (χ2n) is 8.11. The highest BCUT2D eigenvalue weighted by Gasteiger charge is 2.35. The normalized spacial score (nSPS) is 15.9. The van der Waals surface area contributed by atoms with Gasteiger partial charge in [-0.15, -0.1) is 0 Å². The SMILES string of the molecule is CC(C)c1cccc(N2CC(C(=O)NCCCNC(=O)c3cccc(O)c3)CC2=O)c1. The van der Waals surface area contributed by atoms with E-state index in [1.165, 1.54) is 12.1 Å². The summed E-state index contributed by atoms with van der Waals surface area (Å²) in [6.45, 7) is 5.39. The van der Waals surface area contributed by atoms with Crippen LogP contribution in [0, 0.1) is 5.92 Å². The molecule has 31 heavy (non-hydrogen) atoms. The van der Waals surface area contributed by atoms with Crippen LogP contribution in [0.3, 0.4) is 0 Å².